The number of hydrogen-bond donors (Lipinski definition) is 0. The van der Waals surface area contributed by atoms with Crippen LogP contribution in [0.2, 0.25) is 0 Å². The number of hydrogen-bond acceptors (Lipinski definition) is 0. The Balaban J connectivity index is 3.53. The van der Waals surface area contributed by atoms with Gasteiger partial charge in [0.2, 0.25) is 0 Å². The van der Waals surface area contributed by atoms with Crippen LogP contribution in [0.25, 0.3) is 5.57 Å². The van der Waals surface area contributed by atoms with Gasteiger partial charge in [0.1, 0.15) is 0 Å². The fraction of sp³-hybridized carbons (Fsp3) is 0.333. The van der Waals surface area contributed by atoms with E-state index in [1.807, 2.05) is 0 Å². The molecular formula is C18H24. The minimum Gasteiger partial charge on any atom is -0.0956 e. The van der Waals surface area contributed by atoms with Gasteiger partial charge < -0.3 is 0 Å². The molecule has 0 aliphatic carbocycles. The average molecular weight is 240 g/mol. The van der Waals surface area contributed by atoms with Crippen molar-refractivity contribution >= 4 is 5.57 Å². The molecule has 0 bridgehead atoms. The van der Waals surface area contributed by atoms with Crippen LogP contribution in [0, 0.1) is 13.8 Å². The molecule has 0 N–H and O–H groups in total. The highest BCUT2D eigenvalue weighted by Gasteiger charge is 2.11. The molecule has 0 fully saturated rings. The van der Waals surface area contributed by atoms with Crippen molar-refractivity contribution in [2.75, 3.05) is 0 Å². The summed E-state index contributed by atoms with van der Waals surface area (Å²) in [6.45, 7) is 19.0. The SMILES string of the molecule is C=C(CC)/C(C)=C(/C(=C)C)c1cccc(C)c1C. The van der Waals surface area contributed by atoms with Crippen molar-refractivity contribution in [3.05, 3.63) is 64.8 Å². The Labute approximate surface area is 112 Å². The molecule has 0 amide bonds. The Bertz CT molecular complexity index is 513. The first-order valence-electron chi connectivity index (χ1n) is 6.51. The molecule has 0 nitrogen and oxygen atoms in total. The summed E-state index contributed by atoms with van der Waals surface area (Å²) in [6.07, 6.45) is 0.980. The van der Waals surface area contributed by atoms with E-state index in [0.29, 0.717) is 0 Å². The normalized spacial score (nSPS) is 12.1. The Morgan fingerprint density at radius 1 is 1.11 bits per heavy atom. The van der Waals surface area contributed by atoms with Gasteiger partial charge in [-0.05, 0) is 62.0 Å². The van der Waals surface area contributed by atoms with Crippen molar-refractivity contribution < 1.29 is 0 Å². The summed E-state index contributed by atoms with van der Waals surface area (Å²) in [4.78, 5) is 0. The van der Waals surface area contributed by atoms with Crippen LogP contribution >= 0.6 is 0 Å². The predicted octanol–water partition coefficient (Wildman–Crippen LogP) is 5.62. The zero-order chi connectivity index (χ0) is 13.9. The molecule has 0 radical (unpaired) electrons. The van der Waals surface area contributed by atoms with E-state index in [1.165, 1.54) is 33.4 Å². The van der Waals surface area contributed by atoms with E-state index in [0.717, 1.165) is 12.0 Å². The third-order valence-electron chi connectivity index (χ3n) is 3.63. The number of allylic oxidation sites excluding steroid dienone is 4. The van der Waals surface area contributed by atoms with Gasteiger partial charge in [-0.1, -0.05) is 49.4 Å². The summed E-state index contributed by atoms with van der Waals surface area (Å²) in [6, 6.07) is 6.44. The molecule has 0 aliphatic heterocycles. The number of rotatable bonds is 4. The summed E-state index contributed by atoms with van der Waals surface area (Å²) < 4.78 is 0. The van der Waals surface area contributed by atoms with E-state index >= 15 is 0 Å². The van der Waals surface area contributed by atoms with Gasteiger partial charge in [-0.2, -0.15) is 0 Å². The zero-order valence-corrected chi connectivity index (χ0v) is 12.4. The Hall–Kier alpha value is -1.56. The Morgan fingerprint density at radius 2 is 1.72 bits per heavy atom. The second-order valence-electron chi connectivity index (χ2n) is 4.98. The first kappa shape index (κ1) is 14.5. The van der Waals surface area contributed by atoms with Crippen molar-refractivity contribution in [2.45, 2.75) is 41.0 Å². The first-order valence-corrected chi connectivity index (χ1v) is 6.51. The summed E-state index contributed by atoms with van der Waals surface area (Å²) in [5.41, 5.74) is 8.75. The summed E-state index contributed by atoms with van der Waals surface area (Å²) in [7, 11) is 0. The third-order valence-corrected chi connectivity index (χ3v) is 3.63. The lowest BCUT2D eigenvalue weighted by Gasteiger charge is -2.17. The highest BCUT2D eigenvalue weighted by atomic mass is 14.2. The summed E-state index contributed by atoms with van der Waals surface area (Å²) in [5, 5.41) is 0. The van der Waals surface area contributed by atoms with Crippen LogP contribution in [-0.4, -0.2) is 0 Å². The van der Waals surface area contributed by atoms with E-state index in [2.05, 4.69) is 66.0 Å². The molecular weight excluding hydrogens is 216 g/mol. The van der Waals surface area contributed by atoms with Gasteiger partial charge in [-0.25, -0.2) is 0 Å². The lowest BCUT2D eigenvalue weighted by molar-refractivity contribution is 1.11. The second-order valence-corrected chi connectivity index (χ2v) is 4.98. The maximum Gasteiger partial charge on any atom is -0.0126 e. The van der Waals surface area contributed by atoms with Gasteiger partial charge in [0, 0.05) is 0 Å². The molecule has 1 aromatic carbocycles. The minimum atomic E-state index is 0.980. The van der Waals surface area contributed by atoms with Crippen molar-refractivity contribution in [1.29, 1.82) is 0 Å². The van der Waals surface area contributed by atoms with E-state index in [4.69, 9.17) is 0 Å². The van der Waals surface area contributed by atoms with Crippen LogP contribution in [-0.2, 0) is 0 Å². The predicted molar refractivity (Wildman–Crippen MR) is 82.8 cm³/mol. The van der Waals surface area contributed by atoms with Gasteiger partial charge in [0.15, 0.2) is 0 Å². The average Bonchev–Trinajstić information content (AvgIpc) is 2.33. The fourth-order valence-corrected chi connectivity index (χ4v) is 2.22. The van der Waals surface area contributed by atoms with Crippen LogP contribution in [0.5, 0.6) is 0 Å². The third kappa shape index (κ3) is 2.81. The van der Waals surface area contributed by atoms with Crippen LogP contribution in [0.4, 0.5) is 0 Å². The van der Waals surface area contributed by atoms with Gasteiger partial charge in [0.05, 0.1) is 0 Å². The van der Waals surface area contributed by atoms with E-state index in [1.54, 1.807) is 0 Å². The Morgan fingerprint density at radius 3 is 2.22 bits per heavy atom. The first-order chi connectivity index (χ1) is 8.40. The van der Waals surface area contributed by atoms with Crippen LogP contribution in [0.3, 0.4) is 0 Å². The van der Waals surface area contributed by atoms with E-state index in [9.17, 15) is 0 Å². The maximum atomic E-state index is 4.16. The van der Waals surface area contributed by atoms with Crippen molar-refractivity contribution in [1.82, 2.24) is 0 Å². The highest BCUT2D eigenvalue weighted by Crippen LogP contribution is 2.32. The van der Waals surface area contributed by atoms with Gasteiger partial charge in [-0.3, -0.25) is 0 Å². The molecule has 0 heteroatoms. The fourth-order valence-electron chi connectivity index (χ4n) is 2.22. The lowest BCUT2D eigenvalue weighted by atomic mass is 9.87. The molecule has 0 spiro atoms. The van der Waals surface area contributed by atoms with Gasteiger partial charge >= 0.3 is 0 Å². The standard InChI is InChI=1S/C18H24/c1-8-13(4)16(7)18(12(2)3)17-11-9-10-14(5)15(17)6/h9-11H,2,4,8H2,1,3,5-7H3/b18-16-. The molecule has 96 valence electrons. The van der Waals surface area contributed by atoms with Gasteiger partial charge in [-0.15, -0.1) is 0 Å². The van der Waals surface area contributed by atoms with Gasteiger partial charge in [0.25, 0.3) is 0 Å². The molecule has 0 atom stereocenters. The summed E-state index contributed by atoms with van der Waals surface area (Å²) >= 11 is 0. The minimum absolute atomic E-state index is 0.980. The monoisotopic (exact) mass is 240 g/mol. The lowest BCUT2D eigenvalue weighted by Crippen LogP contribution is -1.97. The Kier molecular flexibility index (Phi) is 4.72. The van der Waals surface area contributed by atoms with Crippen molar-refractivity contribution in [3.8, 4) is 0 Å². The number of aryl methyl sites for hydroxylation is 1. The molecule has 18 heavy (non-hydrogen) atoms. The molecule has 0 saturated carbocycles. The topological polar surface area (TPSA) is 0 Å². The molecule has 0 saturated heterocycles. The van der Waals surface area contributed by atoms with Crippen molar-refractivity contribution in [2.24, 2.45) is 0 Å². The number of benzene rings is 1. The highest BCUT2D eigenvalue weighted by molar-refractivity contribution is 5.84. The van der Waals surface area contributed by atoms with E-state index < -0.39 is 0 Å². The molecule has 1 aromatic rings. The molecule has 0 unspecified atom stereocenters. The summed E-state index contributed by atoms with van der Waals surface area (Å²) in [5.74, 6) is 0. The zero-order valence-electron chi connectivity index (χ0n) is 12.4. The van der Waals surface area contributed by atoms with Crippen molar-refractivity contribution in [3.63, 3.8) is 0 Å². The quantitative estimate of drug-likeness (QED) is 0.599. The molecule has 0 aromatic heterocycles. The maximum absolute atomic E-state index is 4.16. The largest absolute Gasteiger partial charge is 0.0956 e. The smallest absolute Gasteiger partial charge is 0.0126 e. The molecule has 0 aliphatic rings. The second kappa shape index (κ2) is 5.86. The molecule has 0 heterocycles. The van der Waals surface area contributed by atoms with Crippen LogP contribution in [0.1, 0.15) is 43.9 Å². The van der Waals surface area contributed by atoms with Crippen LogP contribution < -0.4 is 0 Å². The van der Waals surface area contributed by atoms with Crippen LogP contribution in [0.15, 0.2) is 48.1 Å². The van der Waals surface area contributed by atoms with E-state index in [-0.39, 0.29) is 0 Å². The molecule has 1 rings (SSSR count).